The number of anilines is 1. The van der Waals surface area contributed by atoms with E-state index in [1.807, 2.05) is 30.5 Å². The quantitative estimate of drug-likeness (QED) is 0.628. The highest BCUT2D eigenvalue weighted by molar-refractivity contribution is 5.95. The van der Waals surface area contributed by atoms with Gasteiger partial charge in [-0.3, -0.25) is 5.10 Å². The maximum Gasteiger partial charge on any atom is 0.145 e. The van der Waals surface area contributed by atoms with Gasteiger partial charge in [-0.2, -0.15) is 5.10 Å². The van der Waals surface area contributed by atoms with Crippen LogP contribution in [0.2, 0.25) is 0 Å². The zero-order valence-corrected chi connectivity index (χ0v) is 9.32. The number of H-pyrrole nitrogens is 2. The third kappa shape index (κ3) is 1.52. The summed E-state index contributed by atoms with van der Waals surface area (Å²) in [5.74, 6) is 1.32. The average molecular weight is 228 g/mol. The van der Waals surface area contributed by atoms with Gasteiger partial charge in [0.15, 0.2) is 0 Å². The molecule has 5 heteroatoms. The highest BCUT2D eigenvalue weighted by Gasteiger charge is 2.08. The van der Waals surface area contributed by atoms with Crippen molar-refractivity contribution in [2.75, 3.05) is 12.8 Å². The number of nitrogens with one attached hydrogen (secondary N) is 2. The third-order valence-electron chi connectivity index (χ3n) is 2.78. The van der Waals surface area contributed by atoms with Gasteiger partial charge in [0.2, 0.25) is 0 Å². The Labute approximate surface area is 97.6 Å². The Morgan fingerprint density at radius 1 is 1.29 bits per heavy atom. The second-order valence-electron chi connectivity index (χ2n) is 3.82. The lowest BCUT2D eigenvalue weighted by Gasteiger charge is -1.99. The highest BCUT2D eigenvalue weighted by Crippen LogP contribution is 2.30. The molecule has 0 fully saturated rings. The lowest BCUT2D eigenvalue weighted by Crippen LogP contribution is -1.81. The van der Waals surface area contributed by atoms with Gasteiger partial charge in [-0.1, -0.05) is 0 Å². The molecule has 0 radical (unpaired) electrons. The van der Waals surface area contributed by atoms with Gasteiger partial charge >= 0.3 is 0 Å². The number of fused-ring (bicyclic) bond motifs is 1. The fraction of sp³-hybridized carbons (Fsp3) is 0.0833. The summed E-state index contributed by atoms with van der Waals surface area (Å²) < 4.78 is 5.18. The molecule has 0 saturated carbocycles. The summed E-state index contributed by atoms with van der Waals surface area (Å²) in [6.07, 6.45) is 1.93. The summed E-state index contributed by atoms with van der Waals surface area (Å²) in [4.78, 5) is 3.20. The van der Waals surface area contributed by atoms with Crippen LogP contribution in [-0.2, 0) is 0 Å². The van der Waals surface area contributed by atoms with Crippen molar-refractivity contribution in [2.45, 2.75) is 0 Å². The van der Waals surface area contributed by atoms with Crippen molar-refractivity contribution in [3.8, 4) is 17.0 Å². The van der Waals surface area contributed by atoms with Gasteiger partial charge < -0.3 is 15.5 Å². The molecule has 0 aliphatic heterocycles. The van der Waals surface area contributed by atoms with E-state index in [-0.39, 0.29) is 0 Å². The minimum absolute atomic E-state index is 0.489. The number of rotatable bonds is 2. The van der Waals surface area contributed by atoms with Crippen LogP contribution in [0.15, 0.2) is 30.5 Å². The number of benzene rings is 1. The van der Waals surface area contributed by atoms with E-state index in [0.29, 0.717) is 5.82 Å². The van der Waals surface area contributed by atoms with E-state index in [9.17, 15) is 0 Å². The topological polar surface area (TPSA) is 79.7 Å². The first kappa shape index (κ1) is 9.77. The molecule has 17 heavy (non-hydrogen) atoms. The number of ether oxygens (including phenoxy) is 1. The predicted octanol–water partition coefficient (Wildman–Crippen LogP) is 2.15. The summed E-state index contributed by atoms with van der Waals surface area (Å²) in [5.41, 5.74) is 8.57. The molecule has 0 amide bonds. The van der Waals surface area contributed by atoms with Crippen LogP contribution < -0.4 is 10.5 Å². The number of nitrogens with zero attached hydrogens (tertiary/aromatic N) is 1. The molecule has 4 N–H and O–H groups in total. The predicted molar refractivity (Wildman–Crippen MR) is 66.8 cm³/mol. The van der Waals surface area contributed by atoms with E-state index in [2.05, 4.69) is 15.2 Å². The van der Waals surface area contributed by atoms with Crippen LogP contribution in [0.5, 0.6) is 5.75 Å². The van der Waals surface area contributed by atoms with Gasteiger partial charge in [0.25, 0.3) is 0 Å². The fourth-order valence-corrected chi connectivity index (χ4v) is 1.93. The van der Waals surface area contributed by atoms with Crippen LogP contribution in [-0.4, -0.2) is 22.3 Å². The molecule has 2 aromatic heterocycles. The molecule has 0 atom stereocenters. The molecular weight excluding hydrogens is 216 g/mol. The number of hydrogen-bond donors (Lipinski definition) is 3. The molecule has 3 aromatic rings. The minimum Gasteiger partial charge on any atom is -0.497 e. The van der Waals surface area contributed by atoms with Crippen molar-refractivity contribution in [3.63, 3.8) is 0 Å². The molecule has 2 heterocycles. The van der Waals surface area contributed by atoms with Gasteiger partial charge in [-0.15, -0.1) is 0 Å². The van der Waals surface area contributed by atoms with Gasteiger partial charge in [0, 0.05) is 34.8 Å². The van der Waals surface area contributed by atoms with Gasteiger partial charge in [0.05, 0.1) is 12.8 Å². The number of nitrogens with two attached hydrogens (primary N) is 1. The van der Waals surface area contributed by atoms with Crippen LogP contribution in [0, 0.1) is 0 Å². The molecule has 0 aliphatic rings. The second kappa shape index (κ2) is 3.55. The zero-order valence-electron chi connectivity index (χ0n) is 9.32. The van der Waals surface area contributed by atoms with Crippen molar-refractivity contribution >= 4 is 16.7 Å². The standard InChI is InChI=1S/C12H12N4O/c1-17-7-2-3-8-9(6-14-10(8)4-7)11-5-12(13)16-15-11/h2-6,14H,1H3,(H3,13,15,16). The molecule has 0 bridgehead atoms. The first-order valence-corrected chi connectivity index (χ1v) is 5.24. The van der Waals surface area contributed by atoms with E-state index in [0.717, 1.165) is 27.9 Å². The van der Waals surface area contributed by atoms with Crippen molar-refractivity contribution in [2.24, 2.45) is 0 Å². The Kier molecular flexibility index (Phi) is 2.04. The molecule has 0 aliphatic carbocycles. The van der Waals surface area contributed by atoms with Crippen LogP contribution >= 0.6 is 0 Å². The Morgan fingerprint density at radius 3 is 2.88 bits per heavy atom. The molecule has 86 valence electrons. The summed E-state index contributed by atoms with van der Waals surface area (Å²) in [7, 11) is 1.65. The SMILES string of the molecule is COc1ccc2c(-c3cc(N)n[nH]3)c[nH]c2c1. The molecule has 0 spiro atoms. The van der Waals surface area contributed by atoms with Gasteiger partial charge in [0.1, 0.15) is 11.6 Å². The van der Waals surface area contributed by atoms with E-state index >= 15 is 0 Å². The number of hydrogen-bond acceptors (Lipinski definition) is 3. The van der Waals surface area contributed by atoms with Gasteiger partial charge in [-0.05, 0) is 12.1 Å². The van der Waals surface area contributed by atoms with Gasteiger partial charge in [-0.25, -0.2) is 0 Å². The fourth-order valence-electron chi connectivity index (χ4n) is 1.93. The highest BCUT2D eigenvalue weighted by atomic mass is 16.5. The molecule has 3 rings (SSSR count). The van der Waals surface area contributed by atoms with Crippen LogP contribution in [0.25, 0.3) is 22.2 Å². The average Bonchev–Trinajstić information content (AvgIpc) is 2.93. The van der Waals surface area contributed by atoms with Crippen molar-refractivity contribution in [3.05, 3.63) is 30.5 Å². The summed E-state index contributed by atoms with van der Waals surface area (Å²) >= 11 is 0. The maximum absolute atomic E-state index is 5.60. The summed E-state index contributed by atoms with van der Waals surface area (Å²) in [6, 6.07) is 7.71. The van der Waals surface area contributed by atoms with E-state index in [1.165, 1.54) is 0 Å². The van der Waals surface area contributed by atoms with Crippen LogP contribution in [0.4, 0.5) is 5.82 Å². The monoisotopic (exact) mass is 228 g/mol. The molecule has 1 aromatic carbocycles. The lowest BCUT2D eigenvalue weighted by atomic mass is 10.1. The number of nitrogen functional groups attached to an aromatic ring is 1. The molecule has 0 saturated heterocycles. The zero-order chi connectivity index (χ0) is 11.8. The first-order valence-electron chi connectivity index (χ1n) is 5.24. The maximum atomic E-state index is 5.60. The molecular formula is C12H12N4O. The molecule has 5 nitrogen and oxygen atoms in total. The van der Waals surface area contributed by atoms with Crippen LogP contribution in [0.3, 0.4) is 0 Å². The van der Waals surface area contributed by atoms with Crippen LogP contribution in [0.1, 0.15) is 0 Å². The lowest BCUT2D eigenvalue weighted by molar-refractivity contribution is 0.415. The number of methoxy groups -OCH3 is 1. The first-order chi connectivity index (χ1) is 8.28. The summed E-state index contributed by atoms with van der Waals surface area (Å²) in [5, 5.41) is 7.94. The Balaban J connectivity index is 2.18. The second-order valence-corrected chi connectivity index (χ2v) is 3.82. The van der Waals surface area contributed by atoms with Crippen molar-refractivity contribution in [1.82, 2.24) is 15.2 Å². The van der Waals surface area contributed by atoms with Crippen molar-refractivity contribution < 1.29 is 4.74 Å². The third-order valence-corrected chi connectivity index (χ3v) is 2.78. The normalized spacial score (nSPS) is 10.9. The van der Waals surface area contributed by atoms with Crippen molar-refractivity contribution in [1.29, 1.82) is 0 Å². The minimum atomic E-state index is 0.489. The largest absolute Gasteiger partial charge is 0.497 e. The Hall–Kier alpha value is -2.43. The smallest absolute Gasteiger partial charge is 0.145 e. The van der Waals surface area contributed by atoms with E-state index in [1.54, 1.807) is 7.11 Å². The number of aromatic amines is 2. The molecule has 0 unspecified atom stereocenters. The number of aromatic nitrogens is 3. The summed E-state index contributed by atoms with van der Waals surface area (Å²) in [6.45, 7) is 0. The Morgan fingerprint density at radius 2 is 2.18 bits per heavy atom. The van der Waals surface area contributed by atoms with E-state index in [4.69, 9.17) is 10.5 Å². The van der Waals surface area contributed by atoms with E-state index < -0.39 is 0 Å². The Bertz CT molecular complexity index is 668.